The first-order chi connectivity index (χ1) is 17.1. The van der Waals surface area contributed by atoms with Crippen LogP contribution in [0.5, 0.6) is 0 Å². The number of benzene rings is 1. The summed E-state index contributed by atoms with van der Waals surface area (Å²) in [6.07, 6.45) is 4.98. The first-order valence-corrected chi connectivity index (χ1v) is 12.7. The van der Waals surface area contributed by atoms with Gasteiger partial charge in [0, 0.05) is 25.9 Å². The standard InChI is InChI=1S/C27H33ClN4O4/c1-16(2)23(25-30-32(4)27(35)36-25)31(3)26(34)19-8-5-17(6-9-19)13-18-7-10-20(14-18)24(33)21-11-12-22(28)29-15-21/h5-6,8-9,11-12,15-16,18,20,23-24,33H,7,10,13-14H2,1-4H3/t18-,20-,23+,24-/m0/s1. The van der Waals surface area contributed by atoms with Crippen LogP contribution in [0.15, 0.2) is 51.8 Å². The minimum absolute atomic E-state index is 0.00518. The van der Waals surface area contributed by atoms with Crippen molar-refractivity contribution < 1.29 is 14.3 Å². The largest absolute Gasteiger partial charge is 0.436 e. The second-order valence-corrected chi connectivity index (χ2v) is 10.5. The van der Waals surface area contributed by atoms with E-state index in [1.54, 1.807) is 24.2 Å². The molecule has 0 radical (unpaired) electrons. The van der Waals surface area contributed by atoms with Crippen LogP contribution < -0.4 is 5.76 Å². The van der Waals surface area contributed by atoms with Crippen molar-refractivity contribution in [3.05, 3.63) is 80.9 Å². The molecule has 1 N–H and O–H groups in total. The molecule has 1 aliphatic rings. The molecule has 36 heavy (non-hydrogen) atoms. The van der Waals surface area contributed by atoms with Gasteiger partial charge in [0.2, 0.25) is 5.89 Å². The van der Waals surface area contributed by atoms with Crippen LogP contribution in [0.4, 0.5) is 0 Å². The fourth-order valence-corrected chi connectivity index (χ4v) is 5.36. The quantitative estimate of drug-likeness (QED) is 0.443. The first kappa shape index (κ1) is 26.1. The van der Waals surface area contributed by atoms with Crippen molar-refractivity contribution >= 4 is 17.5 Å². The highest BCUT2D eigenvalue weighted by molar-refractivity contribution is 6.29. The number of halogens is 1. The number of aryl methyl sites for hydroxylation is 1. The molecule has 8 nitrogen and oxygen atoms in total. The molecule has 2 heterocycles. The number of carbonyl (C=O) groups excluding carboxylic acids is 1. The summed E-state index contributed by atoms with van der Waals surface area (Å²) in [5.41, 5.74) is 2.54. The lowest BCUT2D eigenvalue weighted by molar-refractivity contribution is 0.0650. The smallest absolute Gasteiger partial charge is 0.390 e. The van der Waals surface area contributed by atoms with Crippen molar-refractivity contribution in [1.29, 1.82) is 0 Å². The van der Waals surface area contributed by atoms with Gasteiger partial charge in [0.05, 0.1) is 6.10 Å². The molecule has 2 aromatic heterocycles. The summed E-state index contributed by atoms with van der Waals surface area (Å²) < 4.78 is 6.41. The second kappa shape index (κ2) is 11.0. The number of carbonyl (C=O) groups is 1. The molecule has 0 saturated heterocycles. The van der Waals surface area contributed by atoms with Gasteiger partial charge in [0.25, 0.3) is 5.91 Å². The van der Waals surface area contributed by atoms with Crippen LogP contribution in [0.3, 0.4) is 0 Å². The third-order valence-electron chi connectivity index (χ3n) is 7.17. The van der Waals surface area contributed by atoms with E-state index in [0.717, 1.165) is 35.9 Å². The lowest BCUT2D eigenvalue weighted by Gasteiger charge is -2.28. The Hall–Kier alpha value is -2.97. The number of aliphatic hydroxyl groups is 1. The van der Waals surface area contributed by atoms with E-state index in [1.165, 1.54) is 12.6 Å². The molecule has 1 amide bonds. The Bertz CT molecular complexity index is 1240. The summed E-state index contributed by atoms with van der Waals surface area (Å²) in [6, 6.07) is 10.8. The molecule has 0 spiro atoms. The highest BCUT2D eigenvalue weighted by atomic mass is 35.5. The molecule has 1 aromatic carbocycles. The number of hydrogen-bond acceptors (Lipinski definition) is 6. The normalized spacial score (nSPS) is 19.4. The summed E-state index contributed by atoms with van der Waals surface area (Å²) in [6.45, 7) is 3.92. The number of nitrogens with zero attached hydrogens (tertiary/aromatic N) is 4. The lowest BCUT2D eigenvalue weighted by atomic mass is 9.92. The molecule has 0 unspecified atom stereocenters. The zero-order valence-corrected chi connectivity index (χ0v) is 21.9. The van der Waals surface area contributed by atoms with E-state index in [4.69, 9.17) is 16.0 Å². The molecular weight excluding hydrogens is 480 g/mol. The Balaban J connectivity index is 1.38. The lowest BCUT2D eigenvalue weighted by Crippen LogP contribution is -2.34. The summed E-state index contributed by atoms with van der Waals surface area (Å²) in [4.78, 5) is 30.6. The van der Waals surface area contributed by atoms with Crippen molar-refractivity contribution in [1.82, 2.24) is 19.7 Å². The molecule has 0 aliphatic heterocycles. The van der Waals surface area contributed by atoms with Crippen LogP contribution in [0.2, 0.25) is 5.15 Å². The number of hydrogen-bond donors (Lipinski definition) is 1. The summed E-state index contributed by atoms with van der Waals surface area (Å²) >= 11 is 5.87. The summed E-state index contributed by atoms with van der Waals surface area (Å²) in [5, 5.41) is 15.4. The van der Waals surface area contributed by atoms with Crippen LogP contribution in [-0.2, 0) is 13.5 Å². The molecule has 1 aliphatic carbocycles. The van der Waals surface area contributed by atoms with Crippen LogP contribution in [0, 0.1) is 17.8 Å². The van der Waals surface area contributed by atoms with Gasteiger partial charge in [0.1, 0.15) is 11.2 Å². The number of pyridine rings is 1. The monoisotopic (exact) mass is 512 g/mol. The van der Waals surface area contributed by atoms with Crippen molar-refractivity contribution in [2.24, 2.45) is 24.8 Å². The maximum atomic E-state index is 13.2. The first-order valence-electron chi connectivity index (χ1n) is 12.3. The maximum absolute atomic E-state index is 13.2. The highest BCUT2D eigenvalue weighted by Gasteiger charge is 2.32. The minimum Gasteiger partial charge on any atom is -0.390 e. The van der Waals surface area contributed by atoms with E-state index >= 15 is 0 Å². The van der Waals surface area contributed by atoms with Crippen LogP contribution in [-0.4, -0.2) is 37.7 Å². The molecule has 1 saturated carbocycles. The molecule has 3 aromatic rings. The fourth-order valence-electron chi connectivity index (χ4n) is 5.25. The van der Waals surface area contributed by atoms with Crippen LogP contribution >= 0.6 is 11.6 Å². The maximum Gasteiger partial charge on any atom is 0.436 e. The molecule has 0 bridgehead atoms. The van der Waals surface area contributed by atoms with Gasteiger partial charge in [-0.3, -0.25) is 4.79 Å². The Labute approximate surface area is 215 Å². The SMILES string of the molecule is CC(C)[C@H](c1nn(C)c(=O)o1)N(C)C(=O)c1ccc(C[C@@H]2CC[C@H]([C@H](O)c3ccc(Cl)nc3)C2)cc1. The van der Waals surface area contributed by atoms with Crippen molar-refractivity contribution in [2.75, 3.05) is 7.05 Å². The van der Waals surface area contributed by atoms with Crippen LogP contribution in [0.1, 0.15) is 72.6 Å². The van der Waals surface area contributed by atoms with Gasteiger partial charge in [-0.25, -0.2) is 9.78 Å². The molecule has 9 heteroatoms. The van der Waals surface area contributed by atoms with E-state index in [2.05, 4.69) is 10.1 Å². The van der Waals surface area contributed by atoms with Gasteiger partial charge in [-0.05, 0) is 72.8 Å². The van der Waals surface area contributed by atoms with Crippen molar-refractivity contribution in [3.8, 4) is 0 Å². The summed E-state index contributed by atoms with van der Waals surface area (Å²) in [5.74, 6) is 0.211. The Morgan fingerprint density at radius 3 is 2.53 bits per heavy atom. The fraction of sp³-hybridized carbons (Fsp3) is 0.481. The van der Waals surface area contributed by atoms with Gasteiger partial charge in [-0.2, -0.15) is 4.68 Å². The zero-order chi connectivity index (χ0) is 26.0. The Morgan fingerprint density at radius 1 is 1.22 bits per heavy atom. The predicted molar refractivity (Wildman–Crippen MR) is 137 cm³/mol. The number of aromatic nitrogens is 3. The number of rotatable bonds is 8. The minimum atomic E-state index is -0.549. The second-order valence-electron chi connectivity index (χ2n) is 10.1. The topological polar surface area (TPSA) is 101 Å². The molecule has 192 valence electrons. The average Bonchev–Trinajstić information content (AvgIpc) is 3.45. The number of aliphatic hydroxyl groups excluding tert-OH is 1. The Kier molecular flexibility index (Phi) is 7.95. The van der Waals surface area contributed by atoms with Crippen molar-refractivity contribution in [2.45, 2.75) is 51.7 Å². The third-order valence-corrected chi connectivity index (χ3v) is 7.40. The van der Waals surface area contributed by atoms with Gasteiger partial charge in [-0.15, -0.1) is 5.10 Å². The number of amides is 1. The molecule has 1 fully saturated rings. The molecular formula is C27H33ClN4O4. The van der Waals surface area contributed by atoms with Gasteiger partial charge >= 0.3 is 5.76 Å². The molecule has 4 atom stereocenters. The van der Waals surface area contributed by atoms with Crippen LogP contribution in [0.25, 0.3) is 0 Å². The zero-order valence-electron chi connectivity index (χ0n) is 21.1. The summed E-state index contributed by atoms with van der Waals surface area (Å²) in [7, 11) is 3.23. The third kappa shape index (κ3) is 5.71. The van der Waals surface area contributed by atoms with E-state index in [0.29, 0.717) is 16.6 Å². The van der Waals surface area contributed by atoms with E-state index in [1.807, 2.05) is 44.2 Å². The van der Waals surface area contributed by atoms with Gasteiger partial charge in [0.15, 0.2) is 0 Å². The van der Waals surface area contributed by atoms with Crippen molar-refractivity contribution in [3.63, 3.8) is 0 Å². The van der Waals surface area contributed by atoms with Gasteiger partial charge < -0.3 is 14.4 Å². The highest BCUT2D eigenvalue weighted by Crippen LogP contribution is 2.40. The Morgan fingerprint density at radius 2 is 1.94 bits per heavy atom. The average molecular weight is 513 g/mol. The molecule has 4 rings (SSSR count). The predicted octanol–water partition coefficient (Wildman–Crippen LogP) is 4.58. The van der Waals surface area contributed by atoms with Gasteiger partial charge in [-0.1, -0.05) is 43.6 Å². The van der Waals surface area contributed by atoms with E-state index in [-0.39, 0.29) is 23.6 Å². The van der Waals surface area contributed by atoms with E-state index < -0.39 is 17.9 Å². The van der Waals surface area contributed by atoms with E-state index in [9.17, 15) is 14.7 Å².